The summed E-state index contributed by atoms with van der Waals surface area (Å²) in [7, 11) is -3.77. The molecule has 5 nitrogen and oxygen atoms in total. The molecule has 4 rings (SSSR count). The molecule has 29 heavy (non-hydrogen) atoms. The number of fused-ring (bicyclic) bond motifs is 1. The molecular formula is C23H22N2O3S. The summed E-state index contributed by atoms with van der Waals surface area (Å²) in [5.41, 5.74) is 3.02. The Kier molecular flexibility index (Phi) is 5.11. The minimum absolute atomic E-state index is 0.119. The summed E-state index contributed by atoms with van der Waals surface area (Å²) in [5.74, 6) is -0.305. The van der Waals surface area contributed by atoms with Gasteiger partial charge in [0, 0.05) is 18.2 Å². The summed E-state index contributed by atoms with van der Waals surface area (Å²) in [6, 6.07) is 23.2. The smallest absolute Gasteiger partial charge is 0.264 e. The highest BCUT2D eigenvalue weighted by atomic mass is 32.2. The van der Waals surface area contributed by atoms with Crippen LogP contribution in [0.4, 0.5) is 5.69 Å². The van der Waals surface area contributed by atoms with Crippen LogP contribution in [0.1, 0.15) is 28.4 Å². The topological polar surface area (TPSA) is 66.5 Å². The Bertz CT molecular complexity index is 1140. The van der Waals surface area contributed by atoms with Gasteiger partial charge in [-0.25, -0.2) is 8.42 Å². The number of amides is 1. The van der Waals surface area contributed by atoms with Crippen LogP contribution in [-0.2, 0) is 23.0 Å². The Morgan fingerprint density at radius 2 is 1.72 bits per heavy atom. The first kappa shape index (κ1) is 19.2. The third kappa shape index (κ3) is 3.76. The van der Waals surface area contributed by atoms with Gasteiger partial charge in [-0.1, -0.05) is 54.6 Å². The van der Waals surface area contributed by atoms with Gasteiger partial charge in [0.1, 0.15) is 0 Å². The van der Waals surface area contributed by atoms with Crippen molar-refractivity contribution in [2.75, 3.05) is 4.31 Å². The fourth-order valence-electron chi connectivity index (χ4n) is 3.70. The van der Waals surface area contributed by atoms with E-state index in [2.05, 4.69) is 5.32 Å². The van der Waals surface area contributed by atoms with Gasteiger partial charge in [0.15, 0.2) is 0 Å². The van der Waals surface area contributed by atoms with Crippen LogP contribution < -0.4 is 9.62 Å². The summed E-state index contributed by atoms with van der Waals surface area (Å²) >= 11 is 0. The number of benzene rings is 3. The SMILES string of the molecule is CC1Cc2ccccc2N1S(=O)(=O)c1cccc(C(=O)NCc2ccccc2)c1. The van der Waals surface area contributed by atoms with Crippen molar-refractivity contribution in [3.8, 4) is 0 Å². The maximum Gasteiger partial charge on any atom is 0.264 e. The van der Waals surface area contributed by atoms with Gasteiger partial charge in [-0.3, -0.25) is 9.10 Å². The van der Waals surface area contributed by atoms with Gasteiger partial charge in [0.05, 0.1) is 10.6 Å². The zero-order valence-corrected chi connectivity index (χ0v) is 16.9. The van der Waals surface area contributed by atoms with Crippen LogP contribution in [0.3, 0.4) is 0 Å². The Morgan fingerprint density at radius 3 is 2.52 bits per heavy atom. The van der Waals surface area contributed by atoms with E-state index in [1.54, 1.807) is 12.1 Å². The molecule has 0 aliphatic carbocycles. The minimum atomic E-state index is -3.77. The third-order valence-electron chi connectivity index (χ3n) is 5.09. The number of hydrogen-bond donors (Lipinski definition) is 1. The summed E-state index contributed by atoms with van der Waals surface area (Å²) < 4.78 is 28.2. The van der Waals surface area contributed by atoms with Crippen molar-refractivity contribution in [2.24, 2.45) is 0 Å². The molecule has 1 aliphatic rings. The lowest BCUT2D eigenvalue weighted by molar-refractivity contribution is 0.0950. The van der Waals surface area contributed by atoms with Crippen molar-refractivity contribution in [3.63, 3.8) is 0 Å². The largest absolute Gasteiger partial charge is 0.348 e. The van der Waals surface area contributed by atoms with Crippen molar-refractivity contribution < 1.29 is 13.2 Å². The van der Waals surface area contributed by atoms with Crippen LogP contribution in [0.25, 0.3) is 0 Å². The number of nitrogens with one attached hydrogen (secondary N) is 1. The lowest BCUT2D eigenvalue weighted by Crippen LogP contribution is -2.35. The maximum atomic E-state index is 13.4. The van der Waals surface area contributed by atoms with Gasteiger partial charge in [0.2, 0.25) is 0 Å². The van der Waals surface area contributed by atoms with Crippen LogP contribution in [0, 0.1) is 0 Å². The van der Waals surface area contributed by atoms with Gasteiger partial charge >= 0.3 is 0 Å². The molecule has 1 heterocycles. The average Bonchev–Trinajstić information content (AvgIpc) is 3.09. The van der Waals surface area contributed by atoms with E-state index in [0.29, 0.717) is 24.2 Å². The second-order valence-electron chi connectivity index (χ2n) is 7.18. The van der Waals surface area contributed by atoms with Crippen LogP contribution in [0.2, 0.25) is 0 Å². The Balaban J connectivity index is 1.59. The summed E-state index contributed by atoms with van der Waals surface area (Å²) in [6.45, 7) is 2.28. The van der Waals surface area contributed by atoms with Crippen molar-refractivity contribution >= 4 is 21.6 Å². The number of carbonyl (C=O) groups is 1. The van der Waals surface area contributed by atoms with Gasteiger partial charge < -0.3 is 5.32 Å². The van der Waals surface area contributed by atoms with Crippen LogP contribution >= 0.6 is 0 Å². The molecule has 0 radical (unpaired) electrons. The molecule has 0 aromatic heterocycles. The highest BCUT2D eigenvalue weighted by Crippen LogP contribution is 2.36. The summed E-state index contributed by atoms with van der Waals surface area (Å²) in [5, 5.41) is 2.84. The number of para-hydroxylation sites is 1. The van der Waals surface area contributed by atoms with E-state index in [0.717, 1.165) is 11.1 Å². The number of hydrogen-bond acceptors (Lipinski definition) is 3. The molecule has 1 amide bonds. The van der Waals surface area contributed by atoms with E-state index < -0.39 is 10.0 Å². The van der Waals surface area contributed by atoms with Crippen molar-refractivity contribution in [1.82, 2.24) is 5.32 Å². The van der Waals surface area contributed by atoms with Crippen molar-refractivity contribution in [3.05, 3.63) is 95.6 Å². The summed E-state index contributed by atoms with van der Waals surface area (Å²) in [6.07, 6.45) is 0.673. The fraction of sp³-hybridized carbons (Fsp3) is 0.174. The number of anilines is 1. The first-order valence-corrected chi connectivity index (χ1v) is 11.0. The first-order valence-electron chi connectivity index (χ1n) is 9.51. The van der Waals surface area contributed by atoms with Crippen molar-refractivity contribution in [1.29, 1.82) is 0 Å². The van der Waals surface area contributed by atoms with E-state index in [-0.39, 0.29) is 16.8 Å². The van der Waals surface area contributed by atoms with Gasteiger partial charge in [-0.05, 0) is 48.7 Å². The monoisotopic (exact) mass is 406 g/mol. The van der Waals surface area contributed by atoms with Crippen LogP contribution in [0.15, 0.2) is 83.8 Å². The van der Waals surface area contributed by atoms with Crippen molar-refractivity contribution in [2.45, 2.75) is 30.8 Å². The predicted octanol–water partition coefficient (Wildman–Crippen LogP) is 3.76. The third-order valence-corrected chi connectivity index (χ3v) is 7.02. The Labute approximate surface area is 171 Å². The second kappa shape index (κ2) is 7.72. The van der Waals surface area contributed by atoms with E-state index in [1.807, 2.05) is 61.5 Å². The molecule has 1 N–H and O–H groups in total. The highest BCUT2D eigenvalue weighted by molar-refractivity contribution is 7.92. The molecule has 0 fully saturated rings. The molecular weight excluding hydrogens is 384 g/mol. The van der Waals surface area contributed by atoms with E-state index >= 15 is 0 Å². The Hall–Kier alpha value is -3.12. The van der Waals surface area contributed by atoms with E-state index in [9.17, 15) is 13.2 Å². The zero-order valence-electron chi connectivity index (χ0n) is 16.1. The van der Waals surface area contributed by atoms with E-state index in [1.165, 1.54) is 16.4 Å². The molecule has 148 valence electrons. The molecule has 0 saturated carbocycles. The summed E-state index contributed by atoms with van der Waals surface area (Å²) in [4.78, 5) is 12.7. The average molecular weight is 407 g/mol. The number of sulfonamides is 1. The maximum absolute atomic E-state index is 13.4. The molecule has 6 heteroatoms. The number of nitrogens with zero attached hydrogens (tertiary/aromatic N) is 1. The molecule has 1 atom stereocenters. The van der Waals surface area contributed by atoms with Crippen LogP contribution in [0.5, 0.6) is 0 Å². The lowest BCUT2D eigenvalue weighted by Gasteiger charge is -2.24. The highest BCUT2D eigenvalue weighted by Gasteiger charge is 2.36. The van der Waals surface area contributed by atoms with Gasteiger partial charge in [0.25, 0.3) is 15.9 Å². The molecule has 0 bridgehead atoms. The molecule has 1 unspecified atom stereocenters. The predicted molar refractivity (Wildman–Crippen MR) is 113 cm³/mol. The van der Waals surface area contributed by atoms with Crippen LogP contribution in [-0.4, -0.2) is 20.4 Å². The quantitative estimate of drug-likeness (QED) is 0.702. The molecule has 3 aromatic carbocycles. The van der Waals surface area contributed by atoms with Gasteiger partial charge in [-0.2, -0.15) is 0 Å². The van der Waals surface area contributed by atoms with Gasteiger partial charge in [-0.15, -0.1) is 0 Å². The standard InChI is InChI=1S/C23H22N2O3S/c1-17-14-19-10-5-6-13-22(19)25(17)29(27,28)21-12-7-11-20(15-21)23(26)24-16-18-8-3-2-4-9-18/h2-13,15,17H,14,16H2,1H3,(H,24,26). The first-order chi connectivity index (χ1) is 14.0. The van der Waals surface area contributed by atoms with E-state index in [4.69, 9.17) is 0 Å². The molecule has 0 saturated heterocycles. The number of rotatable bonds is 5. The fourth-order valence-corrected chi connectivity index (χ4v) is 5.43. The Morgan fingerprint density at radius 1 is 1.00 bits per heavy atom. The normalized spacial score (nSPS) is 15.8. The molecule has 0 spiro atoms. The zero-order chi connectivity index (χ0) is 20.4. The molecule has 1 aliphatic heterocycles. The molecule has 3 aromatic rings. The minimum Gasteiger partial charge on any atom is -0.348 e. The second-order valence-corrected chi connectivity index (χ2v) is 8.99. The number of carbonyl (C=O) groups excluding carboxylic acids is 1. The lowest BCUT2D eigenvalue weighted by atomic mass is 10.1.